The van der Waals surface area contributed by atoms with Crippen molar-refractivity contribution in [2.75, 3.05) is 27.4 Å². The number of anilines is 3. The average Bonchev–Trinajstić information content (AvgIpc) is 3.26. The summed E-state index contributed by atoms with van der Waals surface area (Å²) in [5.74, 6) is -1.46. The Bertz CT molecular complexity index is 1390. The molecule has 3 aromatic carbocycles. The fraction of sp³-hybridized carbons (Fsp3) is 0.222. The standard InChI is InChI=1S/C27H24FN3O3S/c1-16-7-9-22(18(3)11-16)29-24(32)14-30-23-10-8-17(2)12-21(23)27(26(30)34)31(25(33)15-35-27)20-6-4-5-19(28)13-20/h4-13H,14-15H2,1-3H3,(H,29,32)/t27-/m0/s1. The van der Waals surface area contributed by atoms with Crippen LogP contribution in [-0.2, 0) is 19.3 Å². The quantitative estimate of drug-likeness (QED) is 0.578. The number of rotatable bonds is 4. The first-order chi connectivity index (χ1) is 16.7. The molecule has 1 spiro atoms. The van der Waals surface area contributed by atoms with Crippen LogP contribution in [0.15, 0.2) is 60.7 Å². The van der Waals surface area contributed by atoms with E-state index in [0.717, 1.165) is 16.7 Å². The summed E-state index contributed by atoms with van der Waals surface area (Å²) in [4.78, 5) is 41.6. The summed E-state index contributed by atoms with van der Waals surface area (Å²) in [6.45, 7) is 5.58. The van der Waals surface area contributed by atoms with Gasteiger partial charge in [0.1, 0.15) is 12.4 Å². The second-order valence-corrected chi connectivity index (χ2v) is 10.1. The minimum Gasteiger partial charge on any atom is -0.324 e. The number of carbonyl (C=O) groups excluding carboxylic acids is 3. The predicted octanol–water partition coefficient (Wildman–Crippen LogP) is 4.67. The molecule has 2 aliphatic heterocycles. The first kappa shape index (κ1) is 23.1. The Kier molecular flexibility index (Phi) is 5.63. The summed E-state index contributed by atoms with van der Waals surface area (Å²) in [6.07, 6.45) is 0. The first-order valence-corrected chi connectivity index (χ1v) is 12.2. The molecule has 0 radical (unpaired) electrons. The molecule has 35 heavy (non-hydrogen) atoms. The molecule has 178 valence electrons. The zero-order valence-corrected chi connectivity index (χ0v) is 20.4. The molecule has 0 bridgehead atoms. The lowest BCUT2D eigenvalue weighted by atomic mass is 10.0. The van der Waals surface area contributed by atoms with E-state index in [2.05, 4.69) is 5.32 Å². The van der Waals surface area contributed by atoms with Crippen molar-refractivity contribution >= 4 is 46.5 Å². The minimum absolute atomic E-state index is 0.0677. The fourth-order valence-electron chi connectivity index (χ4n) is 4.78. The van der Waals surface area contributed by atoms with E-state index < -0.39 is 16.6 Å². The van der Waals surface area contributed by atoms with Gasteiger partial charge >= 0.3 is 0 Å². The molecule has 0 unspecified atom stereocenters. The number of fused-ring (bicyclic) bond motifs is 2. The maximum Gasteiger partial charge on any atom is 0.269 e. The van der Waals surface area contributed by atoms with Crippen LogP contribution in [-0.4, -0.2) is 30.0 Å². The fourth-order valence-corrected chi connectivity index (χ4v) is 6.13. The number of amides is 3. The Labute approximate surface area is 207 Å². The third-order valence-corrected chi connectivity index (χ3v) is 7.72. The Morgan fingerprint density at radius 3 is 2.51 bits per heavy atom. The van der Waals surface area contributed by atoms with Crippen molar-refractivity contribution in [3.63, 3.8) is 0 Å². The predicted molar refractivity (Wildman–Crippen MR) is 136 cm³/mol. The van der Waals surface area contributed by atoms with Gasteiger partial charge in [0.2, 0.25) is 16.7 Å². The van der Waals surface area contributed by atoms with Gasteiger partial charge in [0.15, 0.2) is 0 Å². The molecule has 0 aromatic heterocycles. The molecule has 1 atom stereocenters. The topological polar surface area (TPSA) is 69.7 Å². The number of hydrogen-bond acceptors (Lipinski definition) is 4. The van der Waals surface area contributed by atoms with E-state index in [1.54, 1.807) is 12.1 Å². The van der Waals surface area contributed by atoms with Crippen LogP contribution in [0.3, 0.4) is 0 Å². The summed E-state index contributed by atoms with van der Waals surface area (Å²) >= 11 is 1.20. The maximum absolute atomic E-state index is 14.1. The molecule has 6 nitrogen and oxygen atoms in total. The second-order valence-electron chi connectivity index (χ2n) is 8.92. The van der Waals surface area contributed by atoms with Crippen LogP contribution in [0.25, 0.3) is 0 Å². The molecule has 1 saturated heterocycles. The van der Waals surface area contributed by atoms with Gasteiger partial charge in [0, 0.05) is 16.9 Å². The summed E-state index contributed by atoms with van der Waals surface area (Å²) in [6, 6.07) is 16.9. The minimum atomic E-state index is -1.40. The Morgan fingerprint density at radius 2 is 1.77 bits per heavy atom. The Morgan fingerprint density at radius 1 is 1.03 bits per heavy atom. The van der Waals surface area contributed by atoms with E-state index in [-0.39, 0.29) is 24.1 Å². The second kappa shape index (κ2) is 8.53. The van der Waals surface area contributed by atoms with Crippen molar-refractivity contribution in [1.82, 2.24) is 0 Å². The van der Waals surface area contributed by atoms with Gasteiger partial charge in [0.25, 0.3) is 5.91 Å². The zero-order valence-electron chi connectivity index (χ0n) is 19.6. The van der Waals surface area contributed by atoms with Gasteiger partial charge in [-0.05, 0) is 56.7 Å². The van der Waals surface area contributed by atoms with Crippen molar-refractivity contribution in [2.24, 2.45) is 0 Å². The lowest BCUT2D eigenvalue weighted by Gasteiger charge is -2.33. The Balaban J connectivity index is 1.54. The van der Waals surface area contributed by atoms with Crippen LogP contribution in [0.4, 0.5) is 21.5 Å². The normalized spacial score (nSPS) is 19.0. The summed E-state index contributed by atoms with van der Waals surface area (Å²) in [5, 5.41) is 2.90. The van der Waals surface area contributed by atoms with Gasteiger partial charge in [-0.15, -0.1) is 11.8 Å². The third-order valence-electron chi connectivity index (χ3n) is 6.34. The smallest absolute Gasteiger partial charge is 0.269 e. The van der Waals surface area contributed by atoms with Gasteiger partial charge in [-0.2, -0.15) is 0 Å². The van der Waals surface area contributed by atoms with Gasteiger partial charge in [-0.3, -0.25) is 24.2 Å². The van der Waals surface area contributed by atoms with E-state index in [4.69, 9.17) is 0 Å². The van der Waals surface area contributed by atoms with Gasteiger partial charge in [0.05, 0.1) is 11.4 Å². The summed E-state index contributed by atoms with van der Waals surface area (Å²) in [7, 11) is 0. The monoisotopic (exact) mass is 489 g/mol. The number of nitrogens with one attached hydrogen (secondary N) is 1. The van der Waals surface area contributed by atoms with Crippen molar-refractivity contribution in [3.8, 4) is 0 Å². The number of thioether (sulfide) groups is 1. The van der Waals surface area contributed by atoms with E-state index in [9.17, 15) is 18.8 Å². The number of aryl methyl sites for hydroxylation is 3. The SMILES string of the molecule is Cc1ccc(NC(=O)CN2C(=O)[C@@]3(SCC(=O)N3c3cccc(F)c3)c3cc(C)ccc32)c(C)c1. The van der Waals surface area contributed by atoms with Crippen molar-refractivity contribution in [1.29, 1.82) is 0 Å². The molecule has 0 saturated carbocycles. The van der Waals surface area contributed by atoms with Crippen LogP contribution >= 0.6 is 11.8 Å². The molecule has 5 rings (SSSR count). The highest BCUT2D eigenvalue weighted by molar-refractivity contribution is 8.02. The zero-order chi connectivity index (χ0) is 24.9. The van der Waals surface area contributed by atoms with Crippen LogP contribution in [0.1, 0.15) is 22.3 Å². The van der Waals surface area contributed by atoms with E-state index in [0.29, 0.717) is 22.6 Å². The number of carbonyl (C=O) groups is 3. The van der Waals surface area contributed by atoms with Crippen LogP contribution in [0.5, 0.6) is 0 Å². The van der Waals surface area contributed by atoms with Crippen molar-refractivity contribution in [3.05, 3.63) is 88.7 Å². The van der Waals surface area contributed by atoms with Crippen LogP contribution in [0, 0.1) is 26.6 Å². The summed E-state index contributed by atoms with van der Waals surface area (Å²) in [5.41, 5.74) is 5.11. The lowest BCUT2D eigenvalue weighted by Crippen LogP contribution is -2.51. The molecule has 1 N–H and O–H groups in total. The molecule has 2 aliphatic rings. The van der Waals surface area contributed by atoms with E-state index in [1.807, 2.05) is 51.1 Å². The van der Waals surface area contributed by atoms with Gasteiger partial charge in [-0.1, -0.05) is 41.5 Å². The lowest BCUT2D eigenvalue weighted by molar-refractivity contribution is -0.124. The molecular formula is C27H24FN3O3S. The molecular weight excluding hydrogens is 465 g/mol. The van der Waals surface area contributed by atoms with Crippen molar-refractivity contribution in [2.45, 2.75) is 25.6 Å². The number of benzene rings is 3. The molecule has 8 heteroatoms. The van der Waals surface area contributed by atoms with Crippen molar-refractivity contribution < 1.29 is 18.8 Å². The molecule has 3 aromatic rings. The van der Waals surface area contributed by atoms with E-state index in [1.165, 1.54) is 39.8 Å². The molecule has 1 fully saturated rings. The van der Waals surface area contributed by atoms with Gasteiger partial charge < -0.3 is 5.32 Å². The molecule has 3 amide bonds. The average molecular weight is 490 g/mol. The molecule has 2 heterocycles. The third kappa shape index (κ3) is 3.78. The summed E-state index contributed by atoms with van der Waals surface area (Å²) < 4.78 is 14.1. The highest BCUT2D eigenvalue weighted by Gasteiger charge is 2.61. The van der Waals surface area contributed by atoms with Crippen LogP contribution in [0.2, 0.25) is 0 Å². The number of nitrogens with zero attached hydrogens (tertiary/aromatic N) is 2. The number of halogens is 1. The molecule has 0 aliphatic carbocycles. The number of hydrogen-bond donors (Lipinski definition) is 1. The highest BCUT2D eigenvalue weighted by Crippen LogP contribution is 2.55. The van der Waals surface area contributed by atoms with E-state index >= 15 is 0 Å². The van der Waals surface area contributed by atoms with Crippen LogP contribution < -0.4 is 15.1 Å². The largest absolute Gasteiger partial charge is 0.324 e. The Hall–Kier alpha value is -3.65. The maximum atomic E-state index is 14.1. The highest BCUT2D eigenvalue weighted by atomic mass is 32.2. The van der Waals surface area contributed by atoms with Gasteiger partial charge in [-0.25, -0.2) is 4.39 Å². The first-order valence-electron chi connectivity index (χ1n) is 11.2.